The van der Waals surface area contributed by atoms with Gasteiger partial charge in [0, 0.05) is 30.1 Å². The van der Waals surface area contributed by atoms with Crippen LogP contribution in [0.15, 0.2) is 36.7 Å². The van der Waals surface area contributed by atoms with E-state index in [-0.39, 0.29) is 5.91 Å². The normalized spacial score (nSPS) is 13.8. The summed E-state index contributed by atoms with van der Waals surface area (Å²) in [4.78, 5) is 25.6. The number of aromatic nitrogens is 2. The number of anilines is 1. The van der Waals surface area contributed by atoms with Gasteiger partial charge in [-0.2, -0.15) is 0 Å². The number of fused-ring (bicyclic) bond motifs is 1. The first kappa shape index (κ1) is 17.0. The first-order valence-electron chi connectivity index (χ1n) is 9.00. The van der Waals surface area contributed by atoms with Crippen molar-refractivity contribution in [3.63, 3.8) is 0 Å². The quantitative estimate of drug-likeness (QED) is 0.721. The van der Waals surface area contributed by atoms with Crippen molar-refractivity contribution in [2.45, 2.75) is 38.8 Å². The summed E-state index contributed by atoms with van der Waals surface area (Å²) in [5.41, 5.74) is 1.87. The Morgan fingerprint density at radius 3 is 2.69 bits per heavy atom. The fourth-order valence-corrected chi connectivity index (χ4v) is 4.09. The van der Waals surface area contributed by atoms with Crippen molar-refractivity contribution in [1.29, 1.82) is 0 Å². The van der Waals surface area contributed by atoms with E-state index in [1.54, 1.807) is 24.7 Å². The van der Waals surface area contributed by atoms with Gasteiger partial charge in [0.05, 0.1) is 5.39 Å². The van der Waals surface area contributed by atoms with E-state index in [4.69, 9.17) is 0 Å². The number of aryl methyl sites for hydroxylation is 1. The van der Waals surface area contributed by atoms with E-state index in [1.165, 1.54) is 23.3 Å². The molecule has 1 saturated carbocycles. The molecule has 5 nitrogen and oxygen atoms in total. The SMILES string of the molecule is CCc1cc2c(N(Cc3ccc(C(=O)NC)cc3)C3CC3)ncnc2s1. The zero-order chi connectivity index (χ0) is 18.1. The molecule has 0 spiro atoms. The third kappa shape index (κ3) is 3.29. The van der Waals surface area contributed by atoms with Crippen LogP contribution in [0.4, 0.5) is 5.82 Å². The number of hydrogen-bond acceptors (Lipinski definition) is 5. The molecule has 2 heterocycles. The molecule has 0 saturated heterocycles. The van der Waals surface area contributed by atoms with Gasteiger partial charge in [-0.25, -0.2) is 9.97 Å². The summed E-state index contributed by atoms with van der Waals surface area (Å²) in [5, 5.41) is 3.81. The lowest BCUT2D eigenvalue weighted by molar-refractivity contribution is 0.0963. The molecule has 2 aromatic heterocycles. The van der Waals surface area contributed by atoms with Crippen LogP contribution in [0.3, 0.4) is 0 Å². The smallest absolute Gasteiger partial charge is 0.251 e. The van der Waals surface area contributed by atoms with Gasteiger partial charge in [-0.05, 0) is 43.0 Å². The molecule has 4 rings (SSSR count). The van der Waals surface area contributed by atoms with Gasteiger partial charge in [-0.3, -0.25) is 4.79 Å². The standard InChI is InChI=1S/C20H22N4OS/c1-3-16-10-17-18(22-12-23-20(17)26-16)24(15-8-9-15)11-13-4-6-14(7-5-13)19(25)21-2/h4-7,10,12,15H,3,8-9,11H2,1-2H3,(H,21,25). The Kier molecular flexibility index (Phi) is 4.59. The lowest BCUT2D eigenvalue weighted by atomic mass is 10.1. The van der Waals surface area contributed by atoms with Crippen molar-refractivity contribution in [3.8, 4) is 0 Å². The van der Waals surface area contributed by atoms with E-state index in [9.17, 15) is 4.79 Å². The first-order valence-corrected chi connectivity index (χ1v) is 9.82. The number of rotatable bonds is 6. The Hall–Kier alpha value is -2.47. The average Bonchev–Trinajstić information content (AvgIpc) is 3.43. The molecule has 3 aromatic rings. The van der Waals surface area contributed by atoms with Crippen LogP contribution in [-0.4, -0.2) is 29.0 Å². The zero-order valence-electron chi connectivity index (χ0n) is 15.0. The molecule has 26 heavy (non-hydrogen) atoms. The van der Waals surface area contributed by atoms with Crippen LogP contribution in [0, 0.1) is 0 Å². The highest BCUT2D eigenvalue weighted by Gasteiger charge is 2.31. The van der Waals surface area contributed by atoms with Crippen LogP contribution in [0.1, 0.15) is 40.6 Å². The van der Waals surface area contributed by atoms with Gasteiger partial charge in [0.15, 0.2) is 0 Å². The molecular weight excluding hydrogens is 344 g/mol. The minimum atomic E-state index is -0.0570. The average molecular weight is 366 g/mol. The zero-order valence-corrected chi connectivity index (χ0v) is 15.8. The molecule has 134 valence electrons. The van der Waals surface area contributed by atoms with E-state index < -0.39 is 0 Å². The van der Waals surface area contributed by atoms with Crippen molar-refractivity contribution >= 4 is 33.3 Å². The van der Waals surface area contributed by atoms with Crippen LogP contribution in [0.25, 0.3) is 10.2 Å². The van der Waals surface area contributed by atoms with Crippen molar-refractivity contribution in [3.05, 3.63) is 52.7 Å². The van der Waals surface area contributed by atoms with Crippen LogP contribution in [0.5, 0.6) is 0 Å². The van der Waals surface area contributed by atoms with Crippen LogP contribution >= 0.6 is 11.3 Å². The number of carbonyl (C=O) groups is 1. The molecule has 1 aliphatic carbocycles. The van der Waals surface area contributed by atoms with Gasteiger partial charge in [-0.15, -0.1) is 11.3 Å². The van der Waals surface area contributed by atoms with Crippen LogP contribution in [-0.2, 0) is 13.0 Å². The second-order valence-corrected chi connectivity index (χ2v) is 7.73. The third-order valence-electron chi connectivity index (χ3n) is 4.76. The fraction of sp³-hybridized carbons (Fsp3) is 0.350. The largest absolute Gasteiger partial charge is 0.355 e. The molecule has 1 aromatic carbocycles. The molecule has 0 bridgehead atoms. The summed E-state index contributed by atoms with van der Waals surface area (Å²) in [5.74, 6) is 0.974. The molecule has 1 N–H and O–H groups in total. The molecule has 1 amide bonds. The van der Waals surface area contributed by atoms with Gasteiger partial charge >= 0.3 is 0 Å². The van der Waals surface area contributed by atoms with Crippen LogP contribution in [0.2, 0.25) is 0 Å². The highest BCUT2D eigenvalue weighted by molar-refractivity contribution is 7.18. The maximum atomic E-state index is 11.7. The summed E-state index contributed by atoms with van der Waals surface area (Å²) in [6.45, 7) is 2.96. The van der Waals surface area contributed by atoms with E-state index in [1.807, 2.05) is 24.3 Å². The molecule has 1 fully saturated rings. The number of carbonyl (C=O) groups excluding carboxylic acids is 1. The lowest BCUT2D eigenvalue weighted by Gasteiger charge is -2.24. The minimum Gasteiger partial charge on any atom is -0.355 e. The second-order valence-electron chi connectivity index (χ2n) is 6.62. The van der Waals surface area contributed by atoms with Gasteiger partial charge in [-0.1, -0.05) is 19.1 Å². The highest BCUT2D eigenvalue weighted by atomic mass is 32.1. The predicted octanol–water partition coefficient (Wildman–Crippen LogP) is 3.78. The predicted molar refractivity (Wildman–Crippen MR) is 106 cm³/mol. The summed E-state index contributed by atoms with van der Waals surface area (Å²) < 4.78 is 0. The number of nitrogens with one attached hydrogen (secondary N) is 1. The Labute approximate surface area is 157 Å². The summed E-state index contributed by atoms with van der Waals surface area (Å²) in [6.07, 6.45) is 5.10. The van der Waals surface area contributed by atoms with Gasteiger partial charge in [0.25, 0.3) is 5.91 Å². The lowest BCUT2D eigenvalue weighted by Crippen LogP contribution is -2.26. The molecule has 0 atom stereocenters. The highest BCUT2D eigenvalue weighted by Crippen LogP contribution is 2.37. The van der Waals surface area contributed by atoms with E-state index in [2.05, 4.69) is 33.2 Å². The fourth-order valence-electron chi connectivity index (χ4n) is 3.16. The molecule has 0 aliphatic heterocycles. The Balaban J connectivity index is 1.65. The van der Waals surface area contributed by atoms with Gasteiger partial charge in [0.1, 0.15) is 17.0 Å². The van der Waals surface area contributed by atoms with Crippen LogP contribution < -0.4 is 10.2 Å². The monoisotopic (exact) mass is 366 g/mol. The molecular formula is C20H22N4OS. The summed E-state index contributed by atoms with van der Waals surface area (Å²) in [6, 6.07) is 10.6. The summed E-state index contributed by atoms with van der Waals surface area (Å²) in [7, 11) is 1.65. The Morgan fingerprint density at radius 2 is 2.04 bits per heavy atom. The maximum Gasteiger partial charge on any atom is 0.251 e. The topological polar surface area (TPSA) is 58.1 Å². The van der Waals surface area contributed by atoms with Gasteiger partial charge < -0.3 is 10.2 Å². The first-order chi connectivity index (χ1) is 12.7. The van der Waals surface area contributed by atoms with Crippen molar-refractivity contribution < 1.29 is 4.79 Å². The van der Waals surface area contributed by atoms with Crippen molar-refractivity contribution in [1.82, 2.24) is 15.3 Å². The Morgan fingerprint density at radius 1 is 1.27 bits per heavy atom. The number of hydrogen-bond donors (Lipinski definition) is 1. The van der Waals surface area contributed by atoms with Crippen molar-refractivity contribution in [2.24, 2.45) is 0 Å². The number of benzene rings is 1. The number of nitrogens with zero attached hydrogens (tertiary/aromatic N) is 3. The number of amides is 1. The Bertz CT molecular complexity index is 931. The summed E-state index contributed by atoms with van der Waals surface area (Å²) >= 11 is 1.75. The van der Waals surface area contributed by atoms with Gasteiger partial charge in [0.2, 0.25) is 0 Å². The second kappa shape index (κ2) is 7.03. The van der Waals surface area contributed by atoms with Crippen molar-refractivity contribution in [2.75, 3.05) is 11.9 Å². The molecule has 1 aliphatic rings. The minimum absolute atomic E-state index is 0.0570. The maximum absolute atomic E-state index is 11.7. The van der Waals surface area contributed by atoms with E-state index in [0.29, 0.717) is 11.6 Å². The molecule has 0 radical (unpaired) electrons. The van der Waals surface area contributed by atoms with E-state index in [0.717, 1.165) is 29.0 Å². The number of thiophene rings is 1. The molecule has 0 unspecified atom stereocenters. The third-order valence-corrected chi connectivity index (χ3v) is 5.95. The van der Waals surface area contributed by atoms with E-state index >= 15 is 0 Å². The molecule has 6 heteroatoms.